The molecule has 3 heterocycles. The van der Waals surface area contributed by atoms with Gasteiger partial charge in [-0.25, -0.2) is 9.37 Å². The lowest BCUT2D eigenvalue weighted by atomic mass is 9.95. The summed E-state index contributed by atoms with van der Waals surface area (Å²) in [4.78, 5) is 61.0. The van der Waals surface area contributed by atoms with Crippen molar-refractivity contribution in [1.29, 1.82) is 0 Å². The summed E-state index contributed by atoms with van der Waals surface area (Å²) < 4.78 is 27.1. The second-order valence-corrected chi connectivity index (χ2v) is 14.5. The van der Waals surface area contributed by atoms with E-state index in [1.165, 1.54) is 25.6 Å². The highest BCUT2D eigenvalue weighted by atomic mass is 35.5. The number of piperazine rings is 1. The highest BCUT2D eigenvalue weighted by molar-refractivity contribution is 6.34. The minimum absolute atomic E-state index is 0.0323. The van der Waals surface area contributed by atoms with Crippen molar-refractivity contribution >= 4 is 52.8 Å². The van der Waals surface area contributed by atoms with Gasteiger partial charge in [0.1, 0.15) is 5.82 Å². The Morgan fingerprint density at radius 3 is 2.35 bits per heavy atom. The van der Waals surface area contributed by atoms with Gasteiger partial charge in [-0.1, -0.05) is 23.7 Å². The number of ether oxygens (including phenoxy) is 2. The maximum Gasteiger partial charge on any atom is 0.292 e. The summed E-state index contributed by atoms with van der Waals surface area (Å²) >= 11 is 6.56. The molecular weight excluding hydrogens is 731 g/mol. The number of aromatic nitrogens is 2. The molecule has 1 unspecified atom stereocenters. The van der Waals surface area contributed by atoms with Crippen LogP contribution in [0.3, 0.4) is 0 Å². The van der Waals surface area contributed by atoms with Crippen LogP contribution >= 0.6 is 11.6 Å². The van der Waals surface area contributed by atoms with Crippen LogP contribution in [0.1, 0.15) is 45.4 Å². The van der Waals surface area contributed by atoms with Crippen molar-refractivity contribution in [2.45, 2.75) is 20.3 Å². The molecule has 0 spiro atoms. The normalized spacial score (nSPS) is 17.0. The molecule has 2 fully saturated rings. The van der Waals surface area contributed by atoms with Crippen LogP contribution in [0.5, 0.6) is 0 Å². The van der Waals surface area contributed by atoms with Crippen molar-refractivity contribution in [3.8, 4) is 11.3 Å². The Bertz CT molecular complexity index is 1950. The summed E-state index contributed by atoms with van der Waals surface area (Å²) in [5, 5.41) is 2.99. The summed E-state index contributed by atoms with van der Waals surface area (Å²) in [6.07, 6.45) is 3.74. The first-order valence-corrected chi connectivity index (χ1v) is 18.3. The Labute approximate surface area is 326 Å². The van der Waals surface area contributed by atoms with Crippen LogP contribution in [0.25, 0.3) is 16.8 Å². The standard InChI is InChI=1S/C37H46ClFN8O4.C2H4O2/c1-23-27(9-10-28(33(23)39)30(20-40)24(2)41-12-18-51-6)32-21-42-34(44(32)3)35(48)43-26-7-8-29(31(38)19-26)37(50)46-15-13-45(14-16-46)36(49)25-11-17-47(4,5)22-25;1-4-2-3/h7-10,19-21,25H,11-18,22H2,1-6H3,(H2-,40,41,43,48,50);2H,1H3/p+1. The lowest BCUT2D eigenvalue weighted by molar-refractivity contribution is -0.878. The average molecular weight is 782 g/mol. The molecule has 2 aliphatic heterocycles. The van der Waals surface area contributed by atoms with Gasteiger partial charge < -0.3 is 39.4 Å². The predicted molar refractivity (Wildman–Crippen MR) is 210 cm³/mol. The van der Waals surface area contributed by atoms with Gasteiger partial charge in [0, 0.05) is 81.1 Å². The maximum atomic E-state index is 15.8. The molecular formula is C39H51ClFN8O6+. The van der Waals surface area contributed by atoms with Gasteiger partial charge in [0.05, 0.1) is 75.8 Å². The Hall–Kier alpha value is -5.12. The number of hydrogen-bond donors (Lipinski definition) is 2. The van der Waals surface area contributed by atoms with E-state index in [4.69, 9.17) is 26.9 Å². The minimum atomic E-state index is -0.505. The maximum absolute atomic E-state index is 15.8. The van der Waals surface area contributed by atoms with Gasteiger partial charge in [0.2, 0.25) is 5.91 Å². The zero-order valence-electron chi connectivity index (χ0n) is 32.5. The first kappa shape index (κ1) is 42.6. The third-order valence-corrected chi connectivity index (χ3v) is 10.2. The molecule has 1 atom stereocenters. The first-order valence-electron chi connectivity index (χ1n) is 17.9. The monoisotopic (exact) mass is 781 g/mol. The molecule has 2 aromatic carbocycles. The van der Waals surface area contributed by atoms with Crippen LogP contribution in [0.15, 0.2) is 47.7 Å². The van der Waals surface area contributed by atoms with Crippen LogP contribution < -0.4 is 11.1 Å². The summed E-state index contributed by atoms with van der Waals surface area (Å²) in [6, 6.07) is 8.13. The number of nitrogens with two attached hydrogens (primary N) is 1. The molecule has 16 heteroatoms. The lowest BCUT2D eigenvalue weighted by Gasteiger charge is -2.36. The van der Waals surface area contributed by atoms with Crippen LogP contribution in [-0.4, -0.2) is 134 Å². The van der Waals surface area contributed by atoms with Gasteiger partial charge in [-0.15, -0.1) is 0 Å². The molecule has 3 aromatic rings. The van der Waals surface area contributed by atoms with Crippen molar-refractivity contribution in [3.05, 3.63) is 76.1 Å². The second kappa shape index (κ2) is 19.0. The Morgan fingerprint density at radius 2 is 1.76 bits per heavy atom. The molecule has 3 N–H and O–H groups in total. The number of aliphatic imine (C=N–C) groups is 1. The van der Waals surface area contributed by atoms with E-state index in [1.54, 1.807) is 61.7 Å². The molecule has 0 radical (unpaired) electrons. The largest absolute Gasteiger partial charge is 0.471 e. The minimum Gasteiger partial charge on any atom is -0.471 e. The number of halogens is 2. The number of hydrogen-bond acceptors (Lipinski definition) is 9. The molecule has 14 nitrogen and oxygen atoms in total. The Balaban J connectivity index is 0.00000160. The fraction of sp³-hybridized carbons (Fsp3) is 0.436. The number of imidazole rings is 1. The van der Waals surface area contributed by atoms with E-state index < -0.39 is 11.7 Å². The first-order chi connectivity index (χ1) is 26.2. The van der Waals surface area contributed by atoms with Gasteiger partial charge in [-0.3, -0.25) is 24.2 Å². The van der Waals surface area contributed by atoms with E-state index in [0.29, 0.717) is 90.7 Å². The van der Waals surface area contributed by atoms with Crippen molar-refractivity contribution in [2.75, 3.05) is 86.1 Å². The van der Waals surface area contributed by atoms with Crippen molar-refractivity contribution in [2.24, 2.45) is 23.7 Å². The topological polar surface area (TPSA) is 161 Å². The highest BCUT2D eigenvalue weighted by Gasteiger charge is 2.38. The molecule has 0 aliphatic carbocycles. The summed E-state index contributed by atoms with van der Waals surface area (Å²) in [5.41, 5.74) is 9.42. The van der Waals surface area contributed by atoms with Crippen LogP contribution in [-0.2, 0) is 26.1 Å². The Morgan fingerprint density at radius 1 is 1.11 bits per heavy atom. The molecule has 55 heavy (non-hydrogen) atoms. The van der Waals surface area contributed by atoms with Crippen molar-refractivity contribution < 1.29 is 37.5 Å². The van der Waals surface area contributed by atoms with Crippen LogP contribution in [0.4, 0.5) is 10.1 Å². The summed E-state index contributed by atoms with van der Waals surface area (Å²) in [7, 11) is 8.86. The van der Waals surface area contributed by atoms with Gasteiger partial charge in [-0.05, 0) is 37.6 Å². The van der Waals surface area contributed by atoms with Gasteiger partial charge in [0.15, 0.2) is 5.82 Å². The van der Waals surface area contributed by atoms with Crippen LogP contribution in [0.2, 0.25) is 5.02 Å². The molecule has 2 saturated heterocycles. The quantitative estimate of drug-likeness (QED) is 0.128. The molecule has 0 saturated carbocycles. The predicted octanol–water partition coefficient (Wildman–Crippen LogP) is 4.02. The van der Waals surface area contributed by atoms with E-state index in [9.17, 15) is 14.4 Å². The summed E-state index contributed by atoms with van der Waals surface area (Å²) in [6.45, 7) is 8.31. The van der Waals surface area contributed by atoms with Gasteiger partial charge in [0.25, 0.3) is 18.3 Å². The molecule has 0 bridgehead atoms. The number of rotatable bonds is 11. The van der Waals surface area contributed by atoms with Crippen molar-refractivity contribution in [1.82, 2.24) is 19.4 Å². The number of benzene rings is 2. The number of likely N-dealkylation sites (tertiary alicyclic amines) is 1. The second-order valence-electron chi connectivity index (χ2n) is 14.1. The number of amides is 3. The number of methoxy groups -OCH3 is 2. The molecule has 5 rings (SSSR count). The molecule has 296 valence electrons. The fourth-order valence-corrected chi connectivity index (χ4v) is 7.10. The van der Waals surface area contributed by atoms with Crippen LogP contribution in [0, 0.1) is 18.7 Å². The molecule has 2 aliphatic rings. The SMILES string of the molecule is COC=O.COCCN=C(C)/C(=C\N)c1ccc(-c2cnc(C(=O)Nc3ccc(C(=O)N4CCN(C(=O)C5CC[N+](C)(C)C5)CC4)c(Cl)c3)n2C)c(C)c1F. The van der Waals surface area contributed by atoms with E-state index in [2.05, 4.69) is 34.1 Å². The number of nitrogens with zero attached hydrogens (tertiary/aromatic N) is 6. The van der Waals surface area contributed by atoms with E-state index >= 15 is 4.39 Å². The number of nitrogens with one attached hydrogen (secondary N) is 1. The Kier molecular flexibility index (Phi) is 14.7. The zero-order valence-corrected chi connectivity index (χ0v) is 33.3. The van der Waals surface area contributed by atoms with Gasteiger partial charge in [-0.2, -0.15) is 0 Å². The van der Waals surface area contributed by atoms with E-state index in [0.717, 1.165) is 24.0 Å². The summed E-state index contributed by atoms with van der Waals surface area (Å²) in [5.74, 6) is -0.882. The number of carbonyl (C=O) groups is 4. The lowest BCUT2D eigenvalue weighted by Crippen LogP contribution is -2.52. The third kappa shape index (κ3) is 10.1. The highest BCUT2D eigenvalue weighted by Crippen LogP contribution is 2.31. The zero-order chi connectivity index (χ0) is 40.4. The fourth-order valence-electron chi connectivity index (χ4n) is 6.83. The van der Waals surface area contributed by atoms with Crippen molar-refractivity contribution in [3.63, 3.8) is 0 Å². The number of carbonyl (C=O) groups excluding carboxylic acids is 4. The number of allylic oxidation sites excluding steroid dienone is 1. The number of quaternary nitrogens is 1. The molecule has 3 amide bonds. The van der Waals surface area contributed by atoms with E-state index in [1.807, 2.05) is 4.90 Å². The van der Waals surface area contributed by atoms with E-state index in [-0.39, 0.29) is 28.6 Å². The number of anilines is 1. The third-order valence-electron chi connectivity index (χ3n) is 9.92. The smallest absolute Gasteiger partial charge is 0.292 e. The van der Waals surface area contributed by atoms with Gasteiger partial charge >= 0.3 is 0 Å². The average Bonchev–Trinajstić information content (AvgIpc) is 3.74. The molecule has 1 aromatic heterocycles.